The fourth-order valence-corrected chi connectivity index (χ4v) is 0.726. The Hall–Kier alpha value is 0.730. The van der Waals surface area contributed by atoms with Gasteiger partial charge in [-0.05, 0) is 0 Å². The zero-order valence-electron chi connectivity index (χ0n) is 5.31. The molecule has 0 rings (SSSR count). The number of hydrogen-bond acceptors (Lipinski definition) is 3. The fourth-order valence-electron chi connectivity index (χ4n) is 0.285. The van der Waals surface area contributed by atoms with Gasteiger partial charge in [0.05, 0.1) is 0 Å². The van der Waals surface area contributed by atoms with Crippen molar-refractivity contribution in [1.82, 2.24) is 0 Å². The van der Waals surface area contributed by atoms with E-state index in [0.29, 0.717) is 13.2 Å². The van der Waals surface area contributed by atoms with Gasteiger partial charge in [0, 0.05) is 8.86 Å². The molecule has 0 aromatic carbocycles. The number of alkyl halides is 2. The Morgan fingerprint density at radius 2 is 1.50 bits per heavy atom. The first kappa shape index (κ1) is 10.7. The normalized spacial score (nSPS) is 9.00. The SMILES string of the molecule is O=C(OCCI)OCCI. The van der Waals surface area contributed by atoms with E-state index in [4.69, 9.17) is 0 Å². The van der Waals surface area contributed by atoms with E-state index in [1.54, 1.807) is 0 Å². The quantitative estimate of drug-likeness (QED) is 0.432. The molecule has 60 valence electrons. The molecule has 0 saturated carbocycles. The molecule has 0 bridgehead atoms. The average molecular weight is 370 g/mol. The minimum absolute atomic E-state index is 0.431. The molecular formula is C5H8I2O3. The number of hydrogen-bond donors (Lipinski definition) is 0. The molecule has 5 heteroatoms. The summed E-state index contributed by atoms with van der Waals surface area (Å²) in [5.74, 6) is 0. The van der Waals surface area contributed by atoms with E-state index < -0.39 is 6.16 Å². The summed E-state index contributed by atoms with van der Waals surface area (Å²) in [6, 6.07) is 0. The first-order valence-corrected chi connectivity index (χ1v) is 5.78. The average Bonchev–Trinajstić information content (AvgIpc) is 1.97. The van der Waals surface area contributed by atoms with Crippen molar-refractivity contribution < 1.29 is 14.3 Å². The highest BCUT2D eigenvalue weighted by atomic mass is 127. The van der Waals surface area contributed by atoms with Crippen LogP contribution in [0.5, 0.6) is 0 Å². The van der Waals surface area contributed by atoms with Crippen LogP contribution in [0.3, 0.4) is 0 Å². The summed E-state index contributed by atoms with van der Waals surface area (Å²) in [4.78, 5) is 10.5. The van der Waals surface area contributed by atoms with Crippen molar-refractivity contribution in [2.45, 2.75) is 0 Å². The predicted octanol–water partition coefficient (Wildman–Crippen LogP) is 2.01. The maximum atomic E-state index is 10.5. The van der Waals surface area contributed by atoms with Gasteiger partial charge in [-0.25, -0.2) is 4.79 Å². The van der Waals surface area contributed by atoms with E-state index >= 15 is 0 Å². The highest BCUT2D eigenvalue weighted by molar-refractivity contribution is 14.1. The van der Waals surface area contributed by atoms with E-state index in [1.165, 1.54) is 0 Å². The van der Waals surface area contributed by atoms with Gasteiger partial charge in [0.25, 0.3) is 0 Å². The van der Waals surface area contributed by atoms with Gasteiger partial charge in [-0.15, -0.1) is 0 Å². The Kier molecular flexibility index (Phi) is 8.40. The first-order valence-electron chi connectivity index (χ1n) is 2.72. The Balaban J connectivity index is 3.09. The third kappa shape index (κ3) is 6.84. The maximum Gasteiger partial charge on any atom is 0.508 e. The predicted molar refractivity (Wildman–Crippen MR) is 55.1 cm³/mol. The van der Waals surface area contributed by atoms with Crippen molar-refractivity contribution in [3.63, 3.8) is 0 Å². The monoisotopic (exact) mass is 370 g/mol. The van der Waals surface area contributed by atoms with Crippen LogP contribution < -0.4 is 0 Å². The van der Waals surface area contributed by atoms with Crippen molar-refractivity contribution in [1.29, 1.82) is 0 Å². The second-order valence-electron chi connectivity index (χ2n) is 1.32. The van der Waals surface area contributed by atoms with Crippen LogP contribution in [0.15, 0.2) is 0 Å². The molecule has 0 amide bonds. The molecule has 0 fully saturated rings. The van der Waals surface area contributed by atoms with Crippen LogP contribution in [0.1, 0.15) is 0 Å². The van der Waals surface area contributed by atoms with E-state index in [0.717, 1.165) is 8.86 Å². The second-order valence-corrected chi connectivity index (χ2v) is 3.48. The molecule has 3 nitrogen and oxygen atoms in total. The van der Waals surface area contributed by atoms with Gasteiger partial charge in [-0.1, -0.05) is 45.2 Å². The molecule has 0 radical (unpaired) electrons. The van der Waals surface area contributed by atoms with E-state index in [-0.39, 0.29) is 0 Å². The van der Waals surface area contributed by atoms with Crippen molar-refractivity contribution >= 4 is 51.3 Å². The Morgan fingerprint density at radius 1 is 1.10 bits per heavy atom. The molecule has 0 spiro atoms. The lowest BCUT2D eigenvalue weighted by atomic mass is 10.8. The first-order chi connectivity index (χ1) is 4.81. The zero-order chi connectivity index (χ0) is 7.82. The summed E-state index contributed by atoms with van der Waals surface area (Å²) < 4.78 is 10.8. The van der Waals surface area contributed by atoms with E-state index in [2.05, 4.69) is 54.7 Å². The van der Waals surface area contributed by atoms with Gasteiger partial charge in [0.2, 0.25) is 0 Å². The summed E-state index contributed by atoms with van der Waals surface area (Å²) in [5, 5.41) is 0. The Labute approximate surface area is 87.1 Å². The van der Waals surface area contributed by atoms with Crippen LogP contribution in [-0.2, 0) is 9.47 Å². The maximum absolute atomic E-state index is 10.5. The van der Waals surface area contributed by atoms with Crippen molar-refractivity contribution in [2.24, 2.45) is 0 Å². The molecule has 0 aromatic heterocycles. The van der Waals surface area contributed by atoms with Crippen molar-refractivity contribution in [2.75, 3.05) is 22.1 Å². The third-order valence-electron chi connectivity index (χ3n) is 0.594. The lowest BCUT2D eigenvalue weighted by Crippen LogP contribution is -2.10. The highest BCUT2D eigenvalue weighted by Crippen LogP contribution is 1.89. The molecule has 0 aromatic rings. The zero-order valence-corrected chi connectivity index (χ0v) is 9.62. The van der Waals surface area contributed by atoms with Crippen LogP contribution in [0, 0.1) is 0 Å². The number of ether oxygens (including phenoxy) is 2. The molecule has 0 aliphatic rings. The molecule has 10 heavy (non-hydrogen) atoms. The second kappa shape index (κ2) is 7.83. The van der Waals surface area contributed by atoms with Gasteiger partial charge in [0.15, 0.2) is 0 Å². The Morgan fingerprint density at radius 3 is 1.80 bits per heavy atom. The number of carbonyl (C=O) groups excluding carboxylic acids is 1. The summed E-state index contributed by atoms with van der Waals surface area (Å²) >= 11 is 4.25. The Bertz CT molecular complexity index is 86.9. The minimum Gasteiger partial charge on any atom is -0.433 e. The van der Waals surface area contributed by atoms with Crippen LogP contribution in [-0.4, -0.2) is 28.2 Å². The summed E-state index contributed by atoms with van der Waals surface area (Å²) in [6.07, 6.45) is -0.562. The topological polar surface area (TPSA) is 35.5 Å². The molecule has 0 aliphatic carbocycles. The number of halogens is 2. The molecule has 0 atom stereocenters. The smallest absolute Gasteiger partial charge is 0.433 e. The molecular weight excluding hydrogens is 362 g/mol. The molecule has 0 N–H and O–H groups in total. The van der Waals surface area contributed by atoms with Gasteiger partial charge in [-0.3, -0.25) is 0 Å². The molecule has 0 heterocycles. The van der Waals surface area contributed by atoms with Gasteiger partial charge in [0.1, 0.15) is 13.2 Å². The standard InChI is InChI=1S/C5H8I2O3/c6-1-3-9-5(8)10-4-2-7/h1-4H2. The molecule has 0 aliphatic heterocycles. The van der Waals surface area contributed by atoms with Crippen molar-refractivity contribution in [3.8, 4) is 0 Å². The van der Waals surface area contributed by atoms with Gasteiger partial charge >= 0.3 is 6.16 Å². The molecule has 0 saturated heterocycles. The summed E-state index contributed by atoms with van der Waals surface area (Å²) in [5.41, 5.74) is 0. The number of rotatable bonds is 4. The van der Waals surface area contributed by atoms with Crippen LogP contribution in [0.25, 0.3) is 0 Å². The van der Waals surface area contributed by atoms with Crippen LogP contribution >= 0.6 is 45.2 Å². The van der Waals surface area contributed by atoms with Crippen molar-refractivity contribution in [3.05, 3.63) is 0 Å². The van der Waals surface area contributed by atoms with Crippen LogP contribution in [0.4, 0.5) is 4.79 Å². The third-order valence-corrected chi connectivity index (χ3v) is 1.47. The molecule has 0 unspecified atom stereocenters. The summed E-state index contributed by atoms with van der Waals surface area (Å²) in [6.45, 7) is 0.862. The fraction of sp³-hybridized carbons (Fsp3) is 0.800. The van der Waals surface area contributed by atoms with Gasteiger partial charge in [-0.2, -0.15) is 0 Å². The minimum atomic E-state index is -0.562. The van der Waals surface area contributed by atoms with Gasteiger partial charge < -0.3 is 9.47 Å². The lowest BCUT2D eigenvalue weighted by Gasteiger charge is -2.01. The summed E-state index contributed by atoms with van der Waals surface area (Å²) in [7, 11) is 0. The van der Waals surface area contributed by atoms with E-state index in [1.807, 2.05) is 0 Å². The highest BCUT2D eigenvalue weighted by Gasteiger charge is 1.99. The van der Waals surface area contributed by atoms with Crippen LogP contribution in [0.2, 0.25) is 0 Å². The number of carbonyl (C=O) groups is 1. The lowest BCUT2D eigenvalue weighted by molar-refractivity contribution is 0.0654. The largest absolute Gasteiger partial charge is 0.508 e. The van der Waals surface area contributed by atoms with E-state index in [9.17, 15) is 4.79 Å².